The van der Waals surface area contributed by atoms with Gasteiger partial charge in [-0.05, 0) is 60.0 Å². The predicted octanol–water partition coefficient (Wildman–Crippen LogP) is 0.752. The molecule has 0 aliphatic heterocycles. The van der Waals surface area contributed by atoms with Crippen LogP contribution in [-0.4, -0.2) is 5.11 Å². The van der Waals surface area contributed by atoms with E-state index in [1.165, 1.54) is 27.9 Å². The van der Waals surface area contributed by atoms with Crippen LogP contribution >= 0.6 is 0 Å². The number of benzene rings is 1. The fourth-order valence-electron chi connectivity index (χ4n) is 3.64. The third-order valence-corrected chi connectivity index (χ3v) is 5.71. The van der Waals surface area contributed by atoms with Crippen LogP contribution in [0, 0.1) is 5.92 Å². The Bertz CT molecular complexity index is 747. The Morgan fingerprint density at radius 2 is 1.30 bits per heavy atom. The number of phenols is 1. The topological polar surface area (TPSA) is 20.2 Å². The monoisotopic (exact) mass is 574 g/mol. The average Bonchev–Trinajstić information content (AvgIpc) is 2.61. The molecule has 27 heavy (non-hydrogen) atoms. The Morgan fingerprint density at radius 1 is 0.815 bits per heavy atom. The maximum absolute atomic E-state index is 11.1. The van der Waals surface area contributed by atoms with Gasteiger partial charge in [0, 0.05) is 17.0 Å². The minimum atomic E-state index is -0.0894. The first kappa shape index (κ1) is 29.5. The molecule has 0 saturated carbocycles. The van der Waals surface area contributed by atoms with Crippen molar-refractivity contribution in [2.45, 2.75) is 80.1 Å². The van der Waals surface area contributed by atoms with Gasteiger partial charge in [-0.25, -0.2) is 0 Å². The van der Waals surface area contributed by atoms with Crippen LogP contribution in [0.25, 0.3) is 5.57 Å². The second-order valence-corrected chi connectivity index (χ2v) is 9.49. The van der Waals surface area contributed by atoms with Crippen LogP contribution in [0.3, 0.4) is 0 Å². The van der Waals surface area contributed by atoms with Gasteiger partial charge >= 0.3 is 26.2 Å². The average molecular weight is 578 g/mol. The number of rotatable bonds is 1. The van der Waals surface area contributed by atoms with Crippen molar-refractivity contribution in [3.63, 3.8) is 0 Å². The van der Waals surface area contributed by atoms with Crippen molar-refractivity contribution in [1.82, 2.24) is 0 Å². The minimum Gasteiger partial charge on any atom is -1.00 e. The molecule has 0 bridgehead atoms. The maximum atomic E-state index is 11.1. The Hall–Kier alpha value is 0.343. The summed E-state index contributed by atoms with van der Waals surface area (Å²) in [4.78, 5) is 0. The van der Waals surface area contributed by atoms with Crippen molar-refractivity contribution < 1.29 is 65.3 Å². The van der Waals surface area contributed by atoms with Crippen LogP contribution in [0.2, 0.25) is 0 Å². The SMILES string of the molecule is CC1=C(C)C(C)C(c2cc(C(C)(C)C)cc(C(C)(C)C)c2O)=C1C.[Br-].[Br-].[Zr+2]. The molecule has 1 aromatic carbocycles. The normalized spacial score (nSPS) is 17.3. The van der Waals surface area contributed by atoms with E-state index in [2.05, 4.69) is 81.4 Å². The summed E-state index contributed by atoms with van der Waals surface area (Å²) in [5, 5.41) is 11.1. The molecule has 0 saturated heterocycles. The molecule has 1 N–H and O–H groups in total. The second kappa shape index (κ2) is 9.90. The zero-order valence-corrected chi connectivity index (χ0v) is 24.1. The fourth-order valence-corrected chi connectivity index (χ4v) is 3.64. The number of phenolic OH excluding ortho intramolecular Hbond substituents is 1. The van der Waals surface area contributed by atoms with Gasteiger partial charge in [-0.1, -0.05) is 60.1 Å². The van der Waals surface area contributed by atoms with Gasteiger partial charge in [0.15, 0.2) is 0 Å². The Labute approximate surface area is 206 Å². The summed E-state index contributed by atoms with van der Waals surface area (Å²) in [6, 6.07) is 4.41. The van der Waals surface area contributed by atoms with Crippen LogP contribution in [-0.2, 0) is 37.0 Å². The van der Waals surface area contributed by atoms with Crippen LogP contribution in [0.4, 0.5) is 0 Å². The molecular weight excluding hydrogens is 543 g/mol. The molecule has 1 aliphatic carbocycles. The van der Waals surface area contributed by atoms with Gasteiger partial charge in [0.25, 0.3) is 0 Å². The first-order valence-corrected chi connectivity index (χ1v) is 9.03. The van der Waals surface area contributed by atoms with Crippen LogP contribution in [0.5, 0.6) is 5.75 Å². The summed E-state index contributed by atoms with van der Waals surface area (Å²) in [7, 11) is 0. The van der Waals surface area contributed by atoms with Gasteiger partial charge in [-0.2, -0.15) is 0 Å². The fraction of sp³-hybridized carbons (Fsp3) is 0.565. The summed E-state index contributed by atoms with van der Waals surface area (Å²) in [6.45, 7) is 22.1. The molecule has 1 aromatic rings. The summed E-state index contributed by atoms with van der Waals surface area (Å²) < 4.78 is 0. The smallest absolute Gasteiger partial charge is 1.00 e. The van der Waals surface area contributed by atoms with E-state index in [0.717, 1.165) is 11.1 Å². The van der Waals surface area contributed by atoms with E-state index in [9.17, 15) is 5.11 Å². The van der Waals surface area contributed by atoms with Crippen LogP contribution < -0.4 is 34.0 Å². The predicted molar refractivity (Wildman–Crippen MR) is 106 cm³/mol. The molecule has 0 amide bonds. The molecule has 0 aromatic heterocycles. The number of halogens is 2. The molecule has 2 rings (SSSR count). The van der Waals surface area contributed by atoms with Crippen LogP contribution in [0.1, 0.15) is 85.9 Å². The molecule has 1 atom stereocenters. The molecule has 4 heteroatoms. The zero-order chi connectivity index (χ0) is 18.6. The van der Waals surface area contributed by atoms with Gasteiger partial charge in [-0.3, -0.25) is 0 Å². The molecule has 0 radical (unpaired) electrons. The van der Waals surface area contributed by atoms with E-state index in [4.69, 9.17) is 0 Å². The quantitative estimate of drug-likeness (QED) is 0.523. The third-order valence-electron chi connectivity index (χ3n) is 5.71. The summed E-state index contributed by atoms with van der Waals surface area (Å²) in [5.74, 6) is 0.818. The van der Waals surface area contributed by atoms with E-state index in [1.807, 2.05) is 0 Å². The van der Waals surface area contributed by atoms with Crippen LogP contribution in [0.15, 0.2) is 28.9 Å². The van der Waals surface area contributed by atoms with Gasteiger partial charge < -0.3 is 39.1 Å². The number of hydrogen-bond acceptors (Lipinski definition) is 1. The summed E-state index contributed by atoms with van der Waals surface area (Å²) >= 11 is 0. The van der Waals surface area contributed by atoms with Gasteiger partial charge in [0.2, 0.25) is 0 Å². The van der Waals surface area contributed by atoms with E-state index >= 15 is 0 Å². The summed E-state index contributed by atoms with van der Waals surface area (Å²) in [5.41, 5.74) is 8.71. The van der Waals surface area contributed by atoms with Crippen molar-refractivity contribution in [2.75, 3.05) is 0 Å². The van der Waals surface area contributed by atoms with Crippen molar-refractivity contribution >= 4 is 5.57 Å². The largest absolute Gasteiger partial charge is 2.00 e. The molecule has 1 aliphatic rings. The second-order valence-electron chi connectivity index (χ2n) is 9.49. The van der Waals surface area contributed by atoms with E-state index < -0.39 is 0 Å². The number of aromatic hydroxyl groups is 1. The first-order chi connectivity index (χ1) is 10.8. The van der Waals surface area contributed by atoms with Gasteiger partial charge in [0.05, 0.1) is 0 Å². The van der Waals surface area contributed by atoms with Crippen molar-refractivity contribution in [3.8, 4) is 5.75 Å². The van der Waals surface area contributed by atoms with E-state index in [1.54, 1.807) is 0 Å². The van der Waals surface area contributed by atoms with Crippen molar-refractivity contribution in [1.29, 1.82) is 0 Å². The third kappa shape index (κ3) is 5.70. The Balaban J connectivity index is 0. The minimum absolute atomic E-state index is 0. The van der Waals surface area contributed by atoms with Gasteiger partial charge in [0.1, 0.15) is 5.75 Å². The molecule has 1 nitrogen and oxygen atoms in total. The number of allylic oxidation sites excluding steroid dienone is 4. The molecule has 150 valence electrons. The Kier molecular flexibility index (Phi) is 10.8. The standard InChI is InChI=1S/C23H34O.2BrH.Zr/c1-13-14(2)16(4)20(15(13)3)18-11-17(22(5,6)7)12-19(21(18)24)23(8,9)10;;;/h11-12,15,24H,1-10H3;2*1H;/q;;;+2/p-2. The molecule has 0 spiro atoms. The molecular formula is C23H34Br2OZr. The molecule has 0 heterocycles. The van der Waals surface area contributed by atoms with E-state index in [-0.39, 0.29) is 71.0 Å². The summed E-state index contributed by atoms with van der Waals surface area (Å²) in [6.07, 6.45) is 0. The van der Waals surface area contributed by atoms with Crippen molar-refractivity contribution in [2.24, 2.45) is 5.92 Å². The molecule has 1 unspecified atom stereocenters. The zero-order valence-electron chi connectivity index (χ0n) is 18.4. The molecule has 0 fully saturated rings. The number of hydrogen-bond donors (Lipinski definition) is 1. The Morgan fingerprint density at radius 3 is 1.63 bits per heavy atom. The first-order valence-electron chi connectivity index (χ1n) is 9.03. The maximum Gasteiger partial charge on any atom is 2.00 e. The van der Waals surface area contributed by atoms with Crippen molar-refractivity contribution in [3.05, 3.63) is 45.5 Å². The van der Waals surface area contributed by atoms with Gasteiger partial charge in [-0.15, -0.1) is 0 Å². The van der Waals surface area contributed by atoms with E-state index in [0.29, 0.717) is 11.7 Å².